The molecule has 1 N–H and O–H groups in total. The Hall–Kier alpha value is -2.06. The van der Waals surface area contributed by atoms with Crippen LogP contribution in [0.1, 0.15) is 5.56 Å². The Balaban J connectivity index is 3.04. The summed E-state index contributed by atoms with van der Waals surface area (Å²) in [6, 6.07) is 6.01. The SMILES string of the molecule is C=C(Cl)CNc1ccc(C#N)cc1[N+](=O)[O-]. The fourth-order valence-corrected chi connectivity index (χ4v) is 1.16. The van der Waals surface area contributed by atoms with Crippen LogP contribution in [0.4, 0.5) is 11.4 Å². The van der Waals surface area contributed by atoms with E-state index in [9.17, 15) is 10.1 Å². The largest absolute Gasteiger partial charge is 0.375 e. The number of rotatable bonds is 4. The normalized spacial score (nSPS) is 9.25. The molecule has 0 spiro atoms. The maximum atomic E-state index is 10.7. The molecule has 16 heavy (non-hydrogen) atoms. The number of nitro groups is 1. The molecule has 0 aliphatic rings. The Morgan fingerprint density at radius 1 is 1.69 bits per heavy atom. The lowest BCUT2D eigenvalue weighted by molar-refractivity contribution is -0.384. The van der Waals surface area contributed by atoms with E-state index in [4.69, 9.17) is 16.9 Å². The number of hydrogen-bond donors (Lipinski definition) is 1. The highest BCUT2D eigenvalue weighted by Crippen LogP contribution is 2.25. The number of nitriles is 1. The summed E-state index contributed by atoms with van der Waals surface area (Å²) in [6.45, 7) is 3.69. The Morgan fingerprint density at radius 3 is 2.88 bits per heavy atom. The predicted octanol–water partition coefficient (Wildman–Crippen LogP) is 2.63. The number of benzene rings is 1. The Labute approximate surface area is 97.1 Å². The van der Waals surface area contributed by atoms with Crippen molar-refractivity contribution in [2.75, 3.05) is 11.9 Å². The molecule has 5 nitrogen and oxygen atoms in total. The van der Waals surface area contributed by atoms with Crippen molar-refractivity contribution in [3.8, 4) is 6.07 Å². The highest BCUT2D eigenvalue weighted by molar-refractivity contribution is 6.29. The number of halogens is 1. The monoisotopic (exact) mass is 237 g/mol. The summed E-state index contributed by atoms with van der Waals surface area (Å²) >= 11 is 5.54. The van der Waals surface area contributed by atoms with Crippen molar-refractivity contribution >= 4 is 23.0 Å². The minimum Gasteiger partial charge on any atom is -0.375 e. The van der Waals surface area contributed by atoms with E-state index in [0.717, 1.165) is 0 Å². The van der Waals surface area contributed by atoms with Crippen LogP contribution in [0.2, 0.25) is 0 Å². The van der Waals surface area contributed by atoms with E-state index in [1.54, 1.807) is 0 Å². The number of hydrogen-bond acceptors (Lipinski definition) is 4. The number of nitro benzene ring substituents is 1. The maximum absolute atomic E-state index is 10.7. The average molecular weight is 238 g/mol. The van der Waals surface area contributed by atoms with Crippen molar-refractivity contribution in [3.63, 3.8) is 0 Å². The van der Waals surface area contributed by atoms with Gasteiger partial charge in [-0.25, -0.2) is 0 Å². The minimum absolute atomic E-state index is 0.156. The summed E-state index contributed by atoms with van der Waals surface area (Å²) in [5.41, 5.74) is 0.393. The van der Waals surface area contributed by atoms with E-state index in [0.29, 0.717) is 10.7 Å². The van der Waals surface area contributed by atoms with E-state index in [1.165, 1.54) is 18.2 Å². The molecule has 1 rings (SSSR count). The van der Waals surface area contributed by atoms with Crippen molar-refractivity contribution in [1.29, 1.82) is 5.26 Å². The van der Waals surface area contributed by atoms with Crippen LogP contribution in [0.25, 0.3) is 0 Å². The van der Waals surface area contributed by atoms with Gasteiger partial charge in [0.15, 0.2) is 0 Å². The molecule has 82 valence electrons. The van der Waals surface area contributed by atoms with Crippen LogP contribution in [0.15, 0.2) is 29.8 Å². The lowest BCUT2D eigenvalue weighted by Crippen LogP contribution is -2.04. The quantitative estimate of drug-likeness (QED) is 0.645. The molecule has 0 radical (unpaired) electrons. The van der Waals surface area contributed by atoms with E-state index in [1.807, 2.05) is 6.07 Å². The zero-order chi connectivity index (χ0) is 12.1. The molecule has 1 aromatic carbocycles. The third-order valence-electron chi connectivity index (χ3n) is 1.79. The summed E-state index contributed by atoms with van der Waals surface area (Å²) < 4.78 is 0. The molecule has 0 bridgehead atoms. The molecule has 0 saturated carbocycles. The van der Waals surface area contributed by atoms with Gasteiger partial charge in [-0.1, -0.05) is 18.2 Å². The van der Waals surface area contributed by atoms with Crippen LogP contribution >= 0.6 is 11.6 Å². The molecular weight excluding hydrogens is 230 g/mol. The molecule has 0 heterocycles. The summed E-state index contributed by atoms with van der Waals surface area (Å²) in [7, 11) is 0. The second-order valence-electron chi connectivity index (χ2n) is 2.97. The lowest BCUT2D eigenvalue weighted by Gasteiger charge is -2.05. The van der Waals surface area contributed by atoms with Gasteiger partial charge in [-0.3, -0.25) is 10.1 Å². The molecule has 6 heteroatoms. The highest BCUT2D eigenvalue weighted by Gasteiger charge is 2.14. The van der Waals surface area contributed by atoms with Crippen LogP contribution in [0, 0.1) is 21.4 Å². The van der Waals surface area contributed by atoms with Gasteiger partial charge in [0.2, 0.25) is 0 Å². The zero-order valence-electron chi connectivity index (χ0n) is 8.24. The third kappa shape index (κ3) is 2.97. The van der Waals surface area contributed by atoms with Gasteiger partial charge in [0.05, 0.1) is 23.1 Å². The fraction of sp³-hybridized carbons (Fsp3) is 0.100. The predicted molar refractivity (Wildman–Crippen MR) is 61.3 cm³/mol. The Morgan fingerprint density at radius 2 is 2.38 bits per heavy atom. The number of anilines is 1. The van der Waals surface area contributed by atoms with Gasteiger partial charge in [-0.05, 0) is 12.1 Å². The van der Waals surface area contributed by atoms with Gasteiger partial charge < -0.3 is 5.32 Å². The summed E-state index contributed by atoms with van der Waals surface area (Å²) in [5.74, 6) is 0. The fourth-order valence-electron chi connectivity index (χ4n) is 1.09. The van der Waals surface area contributed by atoms with Gasteiger partial charge in [-0.2, -0.15) is 5.26 Å². The van der Waals surface area contributed by atoms with Crippen LogP contribution in [0.3, 0.4) is 0 Å². The standard InChI is InChI=1S/C10H8ClN3O2/c1-7(11)6-13-9-3-2-8(5-12)4-10(9)14(15)16/h2-4,13H,1,6H2. The molecule has 0 unspecified atom stereocenters. The topological polar surface area (TPSA) is 79.0 Å². The minimum atomic E-state index is -0.555. The maximum Gasteiger partial charge on any atom is 0.293 e. The summed E-state index contributed by atoms with van der Waals surface area (Å²) in [6.07, 6.45) is 0. The van der Waals surface area contributed by atoms with Crippen LogP contribution in [0.5, 0.6) is 0 Å². The molecule has 0 aliphatic heterocycles. The van der Waals surface area contributed by atoms with Gasteiger partial charge in [0.25, 0.3) is 5.69 Å². The van der Waals surface area contributed by atoms with Gasteiger partial charge in [-0.15, -0.1) is 0 Å². The molecule has 0 saturated heterocycles. The van der Waals surface area contributed by atoms with Crippen molar-refractivity contribution < 1.29 is 4.92 Å². The van der Waals surface area contributed by atoms with Crippen molar-refractivity contribution in [1.82, 2.24) is 0 Å². The highest BCUT2D eigenvalue weighted by atomic mass is 35.5. The molecule has 0 aliphatic carbocycles. The number of nitrogens with zero attached hydrogens (tertiary/aromatic N) is 2. The zero-order valence-corrected chi connectivity index (χ0v) is 8.99. The average Bonchev–Trinajstić information content (AvgIpc) is 2.25. The molecule has 0 amide bonds. The van der Waals surface area contributed by atoms with E-state index >= 15 is 0 Å². The first-order valence-electron chi connectivity index (χ1n) is 4.30. The van der Waals surface area contributed by atoms with Crippen molar-refractivity contribution in [2.24, 2.45) is 0 Å². The molecule has 0 atom stereocenters. The first-order chi connectivity index (χ1) is 7.54. The first kappa shape index (κ1) is 12.0. The van der Waals surface area contributed by atoms with Crippen LogP contribution in [-0.2, 0) is 0 Å². The van der Waals surface area contributed by atoms with E-state index < -0.39 is 4.92 Å². The third-order valence-corrected chi connectivity index (χ3v) is 1.93. The first-order valence-corrected chi connectivity index (χ1v) is 4.68. The second kappa shape index (κ2) is 5.14. The van der Waals surface area contributed by atoms with Gasteiger partial charge in [0.1, 0.15) is 5.69 Å². The molecule has 0 fully saturated rings. The van der Waals surface area contributed by atoms with E-state index in [-0.39, 0.29) is 17.8 Å². The van der Waals surface area contributed by atoms with Crippen LogP contribution < -0.4 is 5.32 Å². The Bertz CT molecular complexity index is 479. The molecule has 1 aromatic rings. The smallest absolute Gasteiger partial charge is 0.293 e. The second-order valence-corrected chi connectivity index (χ2v) is 3.51. The van der Waals surface area contributed by atoms with Gasteiger partial charge >= 0.3 is 0 Å². The molecular formula is C10H8ClN3O2. The Kier molecular flexibility index (Phi) is 3.86. The summed E-state index contributed by atoms with van der Waals surface area (Å²) in [5, 5.41) is 22.5. The molecule has 0 aromatic heterocycles. The van der Waals surface area contributed by atoms with E-state index in [2.05, 4.69) is 11.9 Å². The number of nitrogens with one attached hydrogen (secondary N) is 1. The lowest BCUT2D eigenvalue weighted by atomic mass is 10.2. The van der Waals surface area contributed by atoms with Crippen molar-refractivity contribution in [3.05, 3.63) is 45.5 Å². The summed E-state index contributed by atoms with van der Waals surface area (Å²) in [4.78, 5) is 10.2. The van der Waals surface area contributed by atoms with Gasteiger partial charge in [0, 0.05) is 11.1 Å². The van der Waals surface area contributed by atoms with Crippen molar-refractivity contribution in [2.45, 2.75) is 0 Å². The van der Waals surface area contributed by atoms with Crippen LogP contribution in [-0.4, -0.2) is 11.5 Å².